The Kier molecular flexibility index (Phi) is 11.4. The lowest BCUT2D eigenvalue weighted by Gasteiger charge is -2.46. The Labute approximate surface area is 425 Å². The fourth-order valence-electron chi connectivity index (χ4n) is 13.0. The van der Waals surface area contributed by atoms with Crippen molar-refractivity contribution in [1.82, 2.24) is 15.0 Å². The van der Waals surface area contributed by atoms with Crippen LogP contribution < -0.4 is 0 Å². The normalized spacial score (nSPS) is 21.8. The summed E-state index contributed by atoms with van der Waals surface area (Å²) < 4.78 is 0. The monoisotopic (exact) mass is 931 g/mol. The largest absolute Gasteiger partial charge is 0.256 e. The van der Waals surface area contributed by atoms with Crippen LogP contribution in [0.15, 0.2) is 225 Å². The number of fused-ring (bicyclic) bond motifs is 1. The Balaban J connectivity index is 0.952. The Morgan fingerprint density at radius 3 is 1.24 bits per heavy atom. The third kappa shape index (κ3) is 7.78. The molecular formula is C69H61N3. The molecule has 4 atom stereocenters. The van der Waals surface area contributed by atoms with E-state index in [1.54, 1.807) is 0 Å². The summed E-state index contributed by atoms with van der Waals surface area (Å²) in [6.45, 7) is 10.2. The molecule has 2 saturated carbocycles. The molecule has 0 aliphatic heterocycles. The molecule has 0 radical (unpaired) electrons. The van der Waals surface area contributed by atoms with Crippen molar-refractivity contribution >= 4 is 10.8 Å². The molecule has 0 unspecified atom stereocenters. The van der Waals surface area contributed by atoms with E-state index in [4.69, 9.17) is 4.98 Å². The van der Waals surface area contributed by atoms with E-state index in [1.807, 2.05) is 30.7 Å². The van der Waals surface area contributed by atoms with Gasteiger partial charge in [-0.3, -0.25) is 15.0 Å². The molecule has 352 valence electrons. The van der Waals surface area contributed by atoms with Gasteiger partial charge in [0.05, 0.1) is 17.1 Å². The van der Waals surface area contributed by atoms with Crippen LogP contribution in [0.25, 0.3) is 77.9 Å². The van der Waals surface area contributed by atoms with Crippen molar-refractivity contribution < 1.29 is 0 Å². The zero-order valence-corrected chi connectivity index (χ0v) is 41.9. The van der Waals surface area contributed by atoms with E-state index in [-0.39, 0.29) is 21.7 Å². The van der Waals surface area contributed by atoms with Crippen LogP contribution in [-0.2, 0) is 21.7 Å². The number of nitrogens with zero attached hydrogens (tertiary/aromatic N) is 3. The predicted molar refractivity (Wildman–Crippen MR) is 300 cm³/mol. The molecule has 0 bridgehead atoms. The summed E-state index contributed by atoms with van der Waals surface area (Å²) in [5.41, 5.74) is 19.0. The molecular weight excluding hydrogens is 871 g/mol. The molecule has 3 heterocycles. The fraction of sp³-hybridized carbons (Fsp3) is 0.203. The molecule has 2 aliphatic rings. The van der Waals surface area contributed by atoms with Gasteiger partial charge in [-0.2, -0.15) is 0 Å². The van der Waals surface area contributed by atoms with Crippen molar-refractivity contribution in [3.8, 4) is 67.2 Å². The standard InChI is InChI=1S/C69H61N3/c1-66(57-31-27-50(28-32-57)63-19-9-11-40-70-63)36-13-38-68(66,3)59-44-56(45-60(47-59)69(4)39-14-37-67(69,2)58-33-29-51(30-34-58)64-20-10-12-41-71-64)62-18-8-7-17-61(62)49-22-24-52(25-23-49)65-46-55(35-42-72-65)54-26-21-48-15-5-6-16-53(48)43-54/h5-12,15-35,40-47H,13-14,36-39H2,1-4H3/t66-,67-,68-,69-/m1/s1. The van der Waals surface area contributed by atoms with Crippen molar-refractivity contribution in [3.63, 3.8) is 0 Å². The van der Waals surface area contributed by atoms with Crippen molar-refractivity contribution in [2.24, 2.45) is 0 Å². The van der Waals surface area contributed by atoms with Crippen LogP contribution in [0.2, 0.25) is 0 Å². The summed E-state index contributed by atoms with van der Waals surface area (Å²) in [4.78, 5) is 14.2. The number of rotatable bonds is 10. The van der Waals surface area contributed by atoms with Crippen molar-refractivity contribution in [2.45, 2.75) is 87.9 Å². The van der Waals surface area contributed by atoms with Gasteiger partial charge in [-0.25, -0.2) is 0 Å². The molecule has 0 saturated heterocycles. The molecule has 2 aliphatic carbocycles. The van der Waals surface area contributed by atoms with Crippen LogP contribution in [0.5, 0.6) is 0 Å². The number of benzene rings is 7. The molecule has 0 amide bonds. The highest BCUT2D eigenvalue weighted by molar-refractivity contribution is 5.88. The maximum atomic E-state index is 4.87. The number of aromatic nitrogens is 3. The molecule has 3 aromatic heterocycles. The van der Waals surface area contributed by atoms with Gasteiger partial charge in [0.15, 0.2) is 0 Å². The zero-order chi connectivity index (χ0) is 48.9. The van der Waals surface area contributed by atoms with E-state index >= 15 is 0 Å². The minimum atomic E-state index is -0.120. The fourth-order valence-corrected chi connectivity index (χ4v) is 13.0. The zero-order valence-electron chi connectivity index (χ0n) is 41.9. The highest BCUT2D eigenvalue weighted by Gasteiger charge is 2.53. The van der Waals surface area contributed by atoms with E-state index in [1.165, 1.54) is 73.7 Å². The molecule has 0 spiro atoms. The second-order valence-corrected chi connectivity index (χ2v) is 21.5. The molecule has 3 heteroatoms. The average molecular weight is 932 g/mol. The average Bonchev–Trinajstić information content (AvgIpc) is 3.95. The second kappa shape index (κ2) is 18.1. The van der Waals surface area contributed by atoms with E-state index in [9.17, 15) is 0 Å². The first-order valence-corrected chi connectivity index (χ1v) is 26.0. The van der Waals surface area contributed by atoms with Crippen molar-refractivity contribution in [2.75, 3.05) is 0 Å². The summed E-state index contributed by atoms with van der Waals surface area (Å²) in [6, 6.07) is 76.5. The molecule has 2 fully saturated rings. The van der Waals surface area contributed by atoms with E-state index in [2.05, 4.69) is 232 Å². The topological polar surface area (TPSA) is 38.7 Å². The van der Waals surface area contributed by atoms with Crippen LogP contribution in [0.4, 0.5) is 0 Å². The molecule has 72 heavy (non-hydrogen) atoms. The van der Waals surface area contributed by atoms with Gasteiger partial charge in [-0.1, -0.05) is 204 Å². The highest BCUT2D eigenvalue weighted by Crippen LogP contribution is 2.60. The maximum Gasteiger partial charge on any atom is 0.0708 e. The Bertz CT molecular complexity index is 3430. The second-order valence-electron chi connectivity index (χ2n) is 21.5. The summed E-state index contributed by atoms with van der Waals surface area (Å²) in [7, 11) is 0. The third-order valence-electron chi connectivity index (χ3n) is 17.9. The van der Waals surface area contributed by atoms with Crippen LogP contribution in [0, 0.1) is 0 Å². The third-order valence-corrected chi connectivity index (χ3v) is 17.9. The molecule has 12 rings (SSSR count). The summed E-state index contributed by atoms with van der Waals surface area (Å²) in [5.74, 6) is 0. The minimum absolute atomic E-state index is 0.0816. The van der Waals surface area contributed by atoms with Crippen molar-refractivity contribution in [1.29, 1.82) is 0 Å². The maximum absolute atomic E-state index is 4.87. The quantitative estimate of drug-likeness (QED) is 0.137. The van der Waals surface area contributed by atoms with E-state index in [0.717, 1.165) is 65.0 Å². The molecule has 10 aromatic rings. The van der Waals surface area contributed by atoms with Gasteiger partial charge in [0.2, 0.25) is 0 Å². The lowest BCUT2D eigenvalue weighted by atomic mass is 9.58. The SMILES string of the molecule is C[C@]1(c2ccc(-c3ccccn3)cc2)CCC[C@]1(C)c1cc(-c2ccccc2-c2ccc(-c3cc(-c4ccc5ccccc5c4)ccn3)cc2)cc([C@@]2(C)CCC[C@]2(C)c2ccc(-c3ccccn3)cc2)c1. The van der Waals surface area contributed by atoms with E-state index < -0.39 is 0 Å². The molecule has 7 aromatic carbocycles. The highest BCUT2D eigenvalue weighted by atomic mass is 14.7. The predicted octanol–water partition coefficient (Wildman–Crippen LogP) is 17.8. The molecule has 3 nitrogen and oxygen atoms in total. The van der Waals surface area contributed by atoms with Gasteiger partial charge in [-0.05, 0) is 135 Å². The van der Waals surface area contributed by atoms with Crippen molar-refractivity contribution in [3.05, 3.63) is 247 Å². The number of hydrogen-bond donors (Lipinski definition) is 0. The Morgan fingerprint density at radius 1 is 0.278 bits per heavy atom. The van der Waals surface area contributed by atoms with Gasteiger partial charge >= 0.3 is 0 Å². The first-order valence-electron chi connectivity index (χ1n) is 26.0. The van der Waals surface area contributed by atoms with Crippen LogP contribution in [0.1, 0.15) is 88.5 Å². The molecule has 0 N–H and O–H groups in total. The summed E-state index contributed by atoms with van der Waals surface area (Å²) in [6.07, 6.45) is 12.6. The van der Waals surface area contributed by atoms with Gasteiger partial charge in [-0.15, -0.1) is 0 Å². The number of pyridine rings is 3. The first kappa shape index (κ1) is 45.4. The Morgan fingerprint density at radius 2 is 0.694 bits per heavy atom. The first-order chi connectivity index (χ1) is 35.1. The minimum Gasteiger partial charge on any atom is -0.256 e. The van der Waals surface area contributed by atoms with Gasteiger partial charge in [0.25, 0.3) is 0 Å². The van der Waals surface area contributed by atoms with Crippen LogP contribution in [-0.4, -0.2) is 15.0 Å². The van der Waals surface area contributed by atoms with Crippen LogP contribution >= 0.6 is 0 Å². The lowest BCUT2D eigenvalue weighted by molar-refractivity contribution is 0.293. The van der Waals surface area contributed by atoms with E-state index in [0.29, 0.717) is 0 Å². The summed E-state index contributed by atoms with van der Waals surface area (Å²) >= 11 is 0. The lowest BCUT2D eigenvalue weighted by Crippen LogP contribution is -2.42. The number of hydrogen-bond acceptors (Lipinski definition) is 3. The van der Waals surface area contributed by atoms with Crippen LogP contribution in [0.3, 0.4) is 0 Å². The van der Waals surface area contributed by atoms with Gasteiger partial charge in [0, 0.05) is 56.9 Å². The Hall–Kier alpha value is -7.75. The van der Waals surface area contributed by atoms with Gasteiger partial charge in [0.1, 0.15) is 0 Å². The summed E-state index contributed by atoms with van der Waals surface area (Å²) in [5, 5.41) is 2.49. The smallest absolute Gasteiger partial charge is 0.0708 e. The van der Waals surface area contributed by atoms with Gasteiger partial charge < -0.3 is 0 Å².